The highest BCUT2D eigenvalue weighted by Crippen LogP contribution is 2.27. The number of ether oxygens (including phenoxy) is 1. The van der Waals surface area contributed by atoms with Crippen LogP contribution in [0.15, 0.2) is 53.7 Å². The summed E-state index contributed by atoms with van der Waals surface area (Å²) >= 11 is 0. The maximum atomic E-state index is 10.8. The zero-order valence-electron chi connectivity index (χ0n) is 13.6. The Hall–Kier alpha value is -2.67. The molecule has 0 N–H and O–H groups in total. The molecule has 4 nitrogen and oxygen atoms in total. The van der Waals surface area contributed by atoms with E-state index in [2.05, 4.69) is 32.0 Å². The topological polar surface area (TPSA) is 62.4 Å². The van der Waals surface area contributed by atoms with Gasteiger partial charge in [0.05, 0.1) is 6.07 Å². The molecule has 23 heavy (non-hydrogen) atoms. The molecular formula is C19H20N2O2. The minimum atomic E-state index is -1.00. The normalized spacial score (nSPS) is 12.3. The number of nitrogens with zero attached hydrogens (tertiary/aromatic N) is 2. The molecule has 1 atom stereocenters. The second-order valence-corrected chi connectivity index (χ2v) is 6.40. The summed E-state index contributed by atoms with van der Waals surface area (Å²) in [4.78, 5) is 10.8. The van der Waals surface area contributed by atoms with Gasteiger partial charge in [-0.25, -0.2) is 0 Å². The highest BCUT2D eigenvalue weighted by atomic mass is 16.5. The summed E-state index contributed by atoms with van der Waals surface area (Å²) < 4.78 is 5.85. The third-order valence-corrected chi connectivity index (χ3v) is 3.67. The van der Waals surface area contributed by atoms with Crippen LogP contribution in [-0.2, 0) is 12.0 Å². The second-order valence-electron chi connectivity index (χ2n) is 6.40. The van der Waals surface area contributed by atoms with Crippen molar-refractivity contribution in [3.63, 3.8) is 0 Å². The summed E-state index contributed by atoms with van der Waals surface area (Å²) in [6.45, 7) is 6.73. The number of benzene rings is 2. The number of nitriles is 1. The molecule has 0 fully saturated rings. The van der Waals surface area contributed by atoms with Crippen LogP contribution < -0.4 is 4.74 Å². The van der Waals surface area contributed by atoms with E-state index in [1.54, 1.807) is 12.1 Å². The summed E-state index contributed by atoms with van der Waals surface area (Å²) in [7, 11) is 0. The van der Waals surface area contributed by atoms with E-state index < -0.39 is 6.04 Å². The maximum Gasteiger partial charge on any atom is 0.203 e. The number of rotatable bonds is 5. The minimum absolute atomic E-state index is 0.0462. The zero-order chi connectivity index (χ0) is 16.9. The third kappa shape index (κ3) is 4.17. The molecule has 2 aromatic carbocycles. The fourth-order valence-electron chi connectivity index (χ4n) is 2.30. The van der Waals surface area contributed by atoms with Gasteiger partial charge in [0.25, 0.3) is 0 Å². The van der Waals surface area contributed by atoms with Crippen molar-refractivity contribution >= 4 is 0 Å². The highest BCUT2D eigenvalue weighted by molar-refractivity contribution is 5.35. The van der Waals surface area contributed by atoms with E-state index in [0.29, 0.717) is 5.56 Å². The molecule has 0 aliphatic rings. The largest absolute Gasteiger partial charge is 0.489 e. The minimum Gasteiger partial charge on any atom is -0.489 e. The summed E-state index contributed by atoms with van der Waals surface area (Å²) in [5, 5.41) is 11.9. The van der Waals surface area contributed by atoms with Gasteiger partial charge in [0, 0.05) is 5.56 Å². The lowest BCUT2D eigenvalue weighted by Gasteiger charge is -2.20. The van der Waals surface area contributed by atoms with Crippen molar-refractivity contribution in [3.8, 4) is 11.8 Å². The molecule has 0 saturated heterocycles. The van der Waals surface area contributed by atoms with Crippen molar-refractivity contribution in [3.05, 3.63) is 70.1 Å². The molecule has 0 aromatic heterocycles. The van der Waals surface area contributed by atoms with E-state index in [1.807, 2.05) is 36.4 Å². The van der Waals surface area contributed by atoms with Gasteiger partial charge in [-0.15, -0.1) is 4.91 Å². The summed E-state index contributed by atoms with van der Waals surface area (Å²) in [6.07, 6.45) is 0. The molecular weight excluding hydrogens is 288 g/mol. The molecule has 4 heteroatoms. The van der Waals surface area contributed by atoms with Gasteiger partial charge in [-0.1, -0.05) is 57.2 Å². The smallest absolute Gasteiger partial charge is 0.203 e. The van der Waals surface area contributed by atoms with E-state index in [-0.39, 0.29) is 12.0 Å². The van der Waals surface area contributed by atoms with Crippen LogP contribution in [0, 0.1) is 16.2 Å². The fraction of sp³-hybridized carbons (Fsp3) is 0.316. The summed E-state index contributed by atoms with van der Waals surface area (Å²) in [5.41, 5.74) is 2.62. The molecule has 0 aliphatic heterocycles. The standard InChI is InChI=1S/C19H20N2O2/c1-19(2,3)15-8-6-9-16(11-15)23-13-14-7-4-5-10-17(14)18(12-20)21-22/h4-11,18H,13H2,1-3H3. The van der Waals surface area contributed by atoms with Gasteiger partial charge in [-0.05, 0) is 33.9 Å². The van der Waals surface area contributed by atoms with E-state index in [0.717, 1.165) is 11.3 Å². The van der Waals surface area contributed by atoms with Crippen molar-refractivity contribution < 1.29 is 4.74 Å². The molecule has 1 unspecified atom stereocenters. The SMILES string of the molecule is CC(C)(C)c1cccc(OCc2ccccc2C(C#N)N=O)c1. The molecule has 0 aliphatic carbocycles. The Bertz CT molecular complexity index is 727. The lowest BCUT2D eigenvalue weighted by atomic mass is 9.87. The van der Waals surface area contributed by atoms with Gasteiger partial charge in [0.1, 0.15) is 12.4 Å². The average molecular weight is 308 g/mol. The molecule has 0 bridgehead atoms. The average Bonchev–Trinajstić information content (AvgIpc) is 2.54. The number of nitroso groups, excluding NO2 is 1. The molecule has 2 aromatic rings. The fourth-order valence-corrected chi connectivity index (χ4v) is 2.30. The van der Waals surface area contributed by atoms with Crippen LogP contribution in [0.5, 0.6) is 5.75 Å². The number of hydrogen-bond donors (Lipinski definition) is 0. The molecule has 0 spiro atoms. The highest BCUT2D eigenvalue weighted by Gasteiger charge is 2.16. The predicted molar refractivity (Wildman–Crippen MR) is 90.1 cm³/mol. The van der Waals surface area contributed by atoms with E-state index in [9.17, 15) is 4.91 Å². The Labute approximate surface area is 136 Å². The predicted octanol–water partition coefficient (Wildman–Crippen LogP) is 4.89. The van der Waals surface area contributed by atoms with E-state index in [1.165, 1.54) is 5.56 Å². The van der Waals surface area contributed by atoms with Gasteiger partial charge >= 0.3 is 0 Å². The van der Waals surface area contributed by atoms with E-state index in [4.69, 9.17) is 10.00 Å². The quantitative estimate of drug-likeness (QED) is 0.738. The van der Waals surface area contributed by atoms with Crippen molar-refractivity contribution in [1.82, 2.24) is 0 Å². The Morgan fingerprint density at radius 3 is 2.57 bits per heavy atom. The molecule has 0 saturated carbocycles. The number of hydrogen-bond acceptors (Lipinski definition) is 4. The zero-order valence-corrected chi connectivity index (χ0v) is 13.6. The van der Waals surface area contributed by atoms with Crippen LogP contribution in [0.4, 0.5) is 0 Å². The van der Waals surface area contributed by atoms with Gasteiger partial charge in [0.15, 0.2) is 0 Å². The van der Waals surface area contributed by atoms with Crippen molar-refractivity contribution in [2.75, 3.05) is 0 Å². The Kier molecular flexibility index (Phi) is 5.13. The Morgan fingerprint density at radius 1 is 1.17 bits per heavy atom. The van der Waals surface area contributed by atoms with Gasteiger partial charge < -0.3 is 4.74 Å². The lowest BCUT2D eigenvalue weighted by molar-refractivity contribution is 0.304. The maximum absolute atomic E-state index is 10.8. The van der Waals surface area contributed by atoms with Crippen LogP contribution in [0.3, 0.4) is 0 Å². The van der Waals surface area contributed by atoms with Crippen LogP contribution in [0.1, 0.15) is 43.5 Å². The van der Waals surface area contributed by atoms with Crippen LogP contribution in [0.25, 0.3) is 0 Å². The summed E-state index contributed by atoms with van der Waals surface area (Å²) in [6, 6.07) is 16.1. The molecule has 118 valence electrons. The molecule has 0 heterocycles. The first-order chi connectivity index (χ1) is 11.0. The van der Waals surface area contributed by atoms with Crippen molar-refractivity contribution in [1.29, 1.82) is 5.26 Å². The first-order valence-corrected chi connectivity index (χ1v) is 7.49. The Balaban J connectivity index is 2.19. The van der Waals surface area contributed by atoms with Crippen molar-refractivity contribution in [2.45, 2.75) is 38.8 Å². The monoisotopic (exact) mass is 308 g/mol. The molecule has 2 rings (SSSR count). The second kappa shape index (κ2) is 7.06. The van der Waals surface area contributed by atoms with Crippen LogP contribution in [0.2, 0.25) is 0 Å². The van der Waals surface area contributed by atoms with Crippen molar-refractivity contribution in [2.24, 2.45) is 5.18 Å². The van der Waals surface area contributed by atoms with Gasteiger partial charge in [-0.3, -0.25) is 0 Å². The van der Waals surface area contributed by atoms with Crippen LogP contribution in [-0.4, -0.2) is 0 Å². The van der Waals surface area contributed by atoms with Crippen LogP contribution >= 0.6 is 0 Å². The Morgan fingerprint density at radius 2 is 1.91 bits per heavy atom. The first-order valence-electron chi connectivity index (χ1n) is 7.49. The molecule has 0 amide bonds. The van der Waals surface area contributed by atoms with Gasteiger partial charge in [-0.2, -0.15) is 5.26 Å². The summed E-state index contributed by atoms with van der Waals surface area (Å²) in [5.74, 6) is 0.764. The molecule has 0 radical (unpaired) electrons. The van der Waals surface area contributed by atoms with Gasteiger partial charge in [0.2, 0.25) is 6.04 Å². The van der Waals surface area contributed by atoms with E-state index >= 15 is 0 Å². The third-order valence-electron chi connectivity index (χ3n) is 3.67. The first kappa shape index (κ1) is 16.7. The lowest BCUT2D eigenvalue weighted by Crippen LogP contribution is -2.11.